The van der Waals surface area contributed by atoms with E-state index in [1.54, 1.807) is 9.80 Å². The molecule has 4 rings (SSSR count). The zero-order chi connectivity index (χ0) is 18.8. The molecule has 2 aliphatic heterocycles. The molecule has 3 amide bonds. The number of likely N-dealkylation sites (tertiary alicyclic amines) is 1. The molecule has 3 heterocycles. The number of hydrogen-bond donors (Lipinski definition) is 2. The highest BCUT2D eigenvalue weighted by atomic mass is 16.2. The Bertz CT molecular complexity index is 844. The van der Waals surface area contributed by atoms with E-state index in [-0.39, 0.29) is 23.5 Å². The van der Waals surface area contributed by atoms with Crippen molar-refractivity contribution in [2.24, 2.45) is 0 Å². The molecule has 9 nitrogen and oxygen atoms in total. The standard InChI is InChI=1S/C18H23N7O2/c1-23-10-11-25(12-13-6-2-3-7-14(13)23)18(27)19-16-15(20-22-21-16)17(26)24-8-4-5-9-24/h2-3,6-7H,4-5,8-12H2,1H3,(H2,19,20,21,22,27). The van der Waals surface area contributed by atoms with Gasteiger partial charge >= 0.3 is 6.03 Å². The van der Waals surface area contributed by atoms with Crippen molar-refractivity contribution in [3.63, 3.8) is 0 Å². The van der Waals surface area contributed by atoms with Crippen molar-refractivity contribution in [2.45, 2.75) is 19.4 Å². The molecule has 2 aliphatic rings. The lowest BCUT2D eigenvalue weighted by Crippen LogP contribution is -2.38. The monoisotopic (exact) mass is 369 g/mol. The van der Waals surface area contributed by atoms with Gasteiger partial charge in [-0.2, -0.15) is 5.21 Å². The molecule has 0 saturated carbocycles. The van der Waals surface area contributed by atoms with E-state index in [2.05, 4.69) is 31.7 Å². The number of benzene rings is 1. The topological polar surface area (TPSA) is 97.5 Å². The number of aromatic amines is 1. The molecule has 0 atom stereocenters. The maximum Gasteiger partial charge on any atom is 0.323 e. The number of rotatable bonds is 2. The van der Waals surface area contributed by atoms with Crippen LogP contribution in [0.3, 0.4) is 0 Å². The van der Waals surface area contributed by atoms with Gasteiger partial charge in [0.15, 0.2) is 11.5 Å². The third-order valence-corrected chi connectivity index (χ3v) is 5.13. The Hall–Kier alpha value is -3.10. The Balaban J connectivity index is 1.49. The van der Waals surface area contributed by atoms with Crippen LogP contribution in [0.15, 0.2) is 24.3 Å². The Morgan fingerprint density at radius 3 is 2.63 bits per heavy atom. The molecule has 9 heteroatoms. The number of likely N-dealkylation sites (N-methyl/N-ethyl adjacent to an activating group) is 1. The highest BCUT2D eigenvalue weighted by Crippen LogP contribution is 2.24. The second-order valence-electron chi connectivity index (χ2n) is 6.92. The summed E-state index contributed by atoms with van der Waals surface area (Å²) in [6.45, 7) is 3.23. The predicted octanol–water partition coefficient (Wildman–Crippen LogP) is 1.52. The number of amides is 3. The van der Waals surface area contributed by atoms with Crippen molar-refractivity contribution >= 4 is 23.4 Å². The first kappa shape index (κ1) is 17.3. The van der Waals surface area contributed by atoms with Gasteiger partial charge in [0.1, 0.15) is 0 Å². The molecular formula is C18H23N7O2. The fourth-order valence-electron chi connectivity index (χ4n) is 3.58. The maximum atomic E-state index is 12.8. The number of para-hydroxylation sites is 1. The van der Waals surface area contributed by atoms with E-state index >= 15 is 0 Å². The van der Waals surface area contributed by atoms with Crippen LogP contribution in [0.2, 0.25) is 0 Å². The molecule has 1 aromatic heterocycles. The Labute approximate surface area is 157 Å². The van der Waals surface area contributed by atoms with E-state index < -0.39 is 0 Å². The average molecular weight is 369 g/mol. The highest BCUT2D eigenvalue weighted by molar-refractivity contribution is 6.00. The van der Waals surface area contributed by atoms with Gasteiger partial charge in [-0.25, -0.2) is 4.79 Å². The number of anilines is 2. The normalized spacial score (nSPS) is 16.9. The minimum atomic E-state index is -0.288. The van der Waals surface area contributed by atoms with Crippen molar-refractivity contribution in [3.05, 3.63) is 35.5 Å². The van der Waals surface area contributed by atoms with Crippen molar-refractivity contribution in [2.75, 3.05) is 43.4 Å². The molecule has 2 aromatic rings. The summed E-state index contributed by atoms with van der Waals surface area (Å²) in [5.41, 5.74) is 2.37. The summed E-state index contributed by atoms with van der Waals surface area (Å²) < 4.78 is 0. The summed E-state index contributed by atoms with van der Waals surface area (Å²) in [5.74, 6) is -0.0136. The lowest BCUT2D eigenvalue weighted by atomic mass is 10.1. The van der Waals surface area contributed by atoms with Crippen LogP contribution in [0.4, 0.5) is 16.3 Å². The van der Waals surface area contributed by atoms with Gasteiger partial charge in [-0.05, 0) is 24.5 Å². The number of aromatic nitrogens is 3. The number of H-pyrrole nitrogens is 1. The first-order chi connectivity index (χ1) is 13.1. The van der Waals surface area contributed by atoms with Crippen LogP contribution in [0, 0.1) is 0 Å². The quantitative estimate of drug-likeness (QED) is 0.837. The number of fused-ring (bicyclic) bond motifs is 1. The number of urea groups is 1. The largest absolute Gasteiger partial charge is 0.373 e. The maximum absolute atomic E-state index is 12.8. The summed E-state index contributed by atoms with van der Waals surface area (Å²) in [7, 11) is 2.02. The molecule has 0 spiro atoms. The second kappa shape index (κ2) is 7.26. The molecule has 2 N–H and O–H groups in total. The van der Waals surface area contributed by atoms with E-state index in [1.807, 2.05) is 25.2 Å². The van der Waals surface area contributed by atoms with Gasteiger partial charge < -0.3 is 14.7 Å². The molecule has 27 heavy (non-hydrogen) atoms. The number of carbonyl (C=O) groups is 2. The van der Waals surface area contributed by atoms with Crippen molar-refractivity contribution < 1.29 is 9.59 Å². The number of nitrogens with zero attached hydrogens (tertiary/aromatic N) is 5. The first-order valence-electron chi connectivity index (χ1n) is 9.18. The predicted molar refractivity (Wildman–Crippen MR) is 101 cm³/mol. The number of hydrogen-bond acceptors (Lipinski definition) is 5. The molecular weight excluding hydrogens is 346 g/mol. The van der Waals surface area contributed by atoms with Gasteiger partial charge in [0.05, 0.1) is 0 Å². The van der Waals surface area contributed by atoms with Crippen LogP contribution in [0.5, 0.6) is 0 Å². The SMILES string of the molecule is CN1CCN(C(=O)Nc2n[nH]nc2C(=O)N2CCCC2)Cc2ccccc21. The minimum absolute atomic E-state index is 0.164. The van der Waals surface area contributed by atoms with E-state index in [1.165, 1.54) is 0 Å². The van der Waals surface area contributed by atoms with Crippen LogP contribution in [-0.4, -0.2) is 70.4 Å². The Kier molecular flexibility index (Phi) is 4.66. The minimum Gasteiger partial charge on any atom is -0.373 e. The van der Waals surface area contributed by atoms with Crippen molar-refractivity contribution in [1.82, 2.24) is 25.2 Å². The van der Waals surface area contributed by atoms with Crippen LogP contribution in [0.25, 0.3) is 0 Å². The van der Waals surface area contributed by atoms with Crippen LogP contribution in [0.1, 0.15) is 28.9 Å². The fraction of sp³-hybridized carbons (Fsp3) is 0.444. The molecule has 142 valence electrons. The van der Waals surface area contributed by atoms with Crippen LogP contribution >= 0.6 is 0 Å². The van der Waals surface area contributed by atoms with Gasteiger partial charge in [-0.3, -0.25) is 10.1 Å². The van der Waals surface area contributed by atoms with Gasteiger partial charge in [0, 0.05) is 45.5 Å². The van der Waals surface area contributed by atoms with Crippen LogP contribution in [-0.2, 0) is 6.54 Å². The average Bonchev–Trinajstić information content (AvgIpc) is 3.33. The molecule has 0 unspecified atom stereocenters. The van der Waals surface area contributed by atoms with Gasteiger partial charge in [0.25, 0.3) is 5.91 Å². The zero-order valence-electron chi connectivity index (χ0n) is 15.3. The van der Waals surface area contributed by atoms with Crippen molar-refractivity contribution in [1.29, 1.82) is 0 Å². The molecule has 1 aromatic carbocycles. The van der Waals surface area contributed by atoms with Gasteiger partial charge in [-0.15, -0.1) is 10.2 Å². The van der Waals surface area contributed by atoms with Crippen LogP contribution < -0.4 is 10.2 Å². The first-order valence-corrected chi connectivity index (χ1v) is 9.18. The summed E-state index contributed by atoms with van der Waals surface area (Å²) in [5, 5.41) is 13.1. The van der Waals surface area contributed by atoms with Gasteiger partial charge in [0.2, 0.25) is 0 Å². The molecule has 1 fully saturated rings. The smallest absolute Gasteiger partial charge is 0.323 e. The molecule has 1 saturated heterocycles. The zero-order valence-corrected chi connectivity index (χ0v) is 15.3. The van der Waals surface area contributed by atoms with E-state index in [4.69, 9.17) is 0 Å². The molecule has 0 aliphatic carbocycles. The third-order valence-electron chi connectivity index (χ3n) is 5.13. The molecule has 0 bridgehead atoms. The highest BCUT2D eigenvalue weighted by Gasteiger charge is 2.27. The molecule has 0 radical (unpaired) electrons. The van der Waals surface area contributed by atoms with E-state index in [9.17, 15) is 9.59 Å². The second-order valence-corrected chi connectivity index (χ2v) is 6.92. The summed E-state index contributed by atoms with van der Waals surface area (Å²) in [4.78, 5) is 31.0. The Morgan fingerprint density at radius 1 is 1.04 bits per heavy atom. The third kappa shape index (κ3) is 3.44. The Morgan fingerprint density at radius 2 is 1.81 bits per heavy atom. The lowest BCUT2D eigenvalue weighted by molar-refractivity contribution is 0.0788. The summed E-state index contributed by atoms with van der Waals surface area (Å²) in [6.07, 6.45) is 1.98. The summed E-state index contributed by atoms with van der Waals surface area (Å²) >= 11 is 0. The van der Waals surface area contributed by atoms with Crippen molar-refractivity contribution in [3.8, 4) is 0 Å². The number of carbonyl (C=O) groups excluding carboxylic acids is 2. The van der Waals surface area contributed by atoms with E-state index in [0.29, 0.717) is 26.2 Å². The lowest BCUT2D eigenvalue weighted by Gasteiger charge is -2.21. The van der Waals surface area contributed by atoms with E-state index in [0.717, 1.165) is 30.6 Å². The fourth-order valence-corrected chi connectivity index (χ4v) is 3.58. The van der Waals surface area contributed by atoms with Gasteiger partial charge in [-0.1, -0.05) is 18.2 Å². The number of nitrogens with one attached hydrogen (secondary N) is 2. The summed E-state index contributed by atoms with van der Waals surface area (Å²) in [6, 6.07) is 7.76.